The summed E-state index contributed by atoms with van der Waals surface area (Å²) in [5.74, 6) is 0. The minimum absolute atomic E-state index is 1.09. The van der Waals surface area contributed by atoms with E-state index in [0.717, 1.165) is 13.1 Å². The Labute approximate surface area is 93.9 Å². The van der Waals surface area contributed by atoms with E-state index in [2.05, 4.69) is 44.3 Å². The van der Waals surface area contributed by atoms with Crippen LogP contribution in [0.5, 0.6) is 0 Å². The van der Waals surface area contributed by atoms with Gasteiger partial charge in [-0.1, -0.05) is 36.2 Å². The van der Waals surface area contributed by atoms with E-state index in [0.29, 0.717) is 0 Å². The molecule has 0 spiro atoms. The van der Waals surface area contributed by atoms with Crippen LogP contribution in [0.15, 0.2) is 18.2 Å². The van der Waals surface area contributed by atoms with Crippen molar-refractivity contribution in [3.8, 4) is 0 Å². The number of aryl methyl sites for hydroxylation is 3. The average Bonchev–Trinajstić information content (AvgIpc) is 2.16. The fourth-order valence-electron chi connectivity index (χ4n) is 1.97. The number of hydrogen-bond acceptors (Lipinski definition) is 1. The Kier molecular flexibility index (Phi) is 5.41. The molecule has 0 fully saturated rings. The summed E-state index contributed by atoms with van der Waals surface area (Å²) in [6.07, 6.45) is 3.78. The normalized spacial score (nSPS) is 10.6. The minimum Gasteiger partial charge on any atom is -0.317 e. The van der Waals surface area contributed by atoms with Crippen molar-refractivity contribution in [2.24, 2.45) is 0 Å². The quantitative estimate of drug-likeness (QED) is 0.703. The summed E-state index contributed by atoms with van der Waals surface area (Å²) in [5.41, 5.74) is 4.26. The van der Waals surface area contributed by atoms with Gasteiger partial charge >= 0.3 is 0 Å². The lowest BCUT2D eigenvalue weighted by molar-refractivity contribution is 0.640. The van der Waals surface area contributed by atoms with Gasteiger partial charge in [0.25, 0.3) is 0 Å². The summed E-state index contributed by atoms with van der Waals surface area (Å²) in [6.45, 7) is 8.75. The number of rotatable bonds is 6. The number of hydrogen-bond donors (Lipinski definition) is 1. The van der Waals surface area contributed by atoms with Gasteiger partial charge in [0.05, 0.1) is 0 Å². The van der Waals surface area contributed by atoms with E-state index >= 15 is 0 Å². The van der Waals surface area contributed by atoms with Crippen molar-refractivity contribution in [1.82, 2.24) is 5.32 Å². The maximum atomic E-state index is 3.36. The third kappa shape index (κ3) is 4.98. The maximum absolute atomic E-state index is 3.36. The highest BCUT2D eigenvalue weighted by Crippen LogP contribution is 2.11. The Morgan fingerprint density at radius 2 is 1.67 bits per heavy atom. The van der Waals surface area contributed by atoms with Crippen molar-refractivity contribution in [3.05, 3.63) is 34.9 Å². The third-order valence-corrected chi connectivity index (χ3v) is 2.60. The average molecular weight is 205 g/mol. The van der Waals surface area contributed by atoms with Crippen molar-refractivity contribution in [2.75, 3.05) is 13.1 Å². The van der Waals surface area contributed by atoms with Crippen molar-refractivity contribution in [3.63, 3.8) is 0 Å². The van der Waals surface area contributed by atoms with Crippen molar-refractivity contribution in [1.29, 1.82) is 0 Å². The molecule has 0 aliphatic heterocycles. The molecule has 0 saturated carbocycles. The molecule has 84 valence electrons. The van der Waals surface area contributed by atoms with Crippen molar-refractivity contribution >= 4 is 0 Å². The van der Waals surface area contributed by atoms with Gasteiger partial charge in [0, 0.05) is 0 Å². The van der Waals surface area contributed by atoms with E-state index in [9.17, 15) is 0 Å². The van der Waals surface area contributed by atoms with Crippen molar-refractivity contribution < 1.29 is 0 Å². The predicted molar refractivity (Wildman–Crippen MR) is 67.4 cm³/mol. The van der Waals surface area contributed by atoms with Gasteiger partial charge in [-0.05, 0) is 51.8 Å². The molecule has 1 aromatic carbocycles. The van der Waals surface area contributed by atoms with Crippen LogP contribution in [0.1, 0.15) is 36.5 Å². The summed E-state index contributed by atoms with van der Waals surface area (Å²) >= 11 is 0. The Morgan fingerprint density at radius 1 is 1.00 bits per heavy atom. The molecule has 0 aromatic heterocycles. The molecular weight excluding hydrogens is 182 g/mol. The third-order valence-electron chi connectivity index (χ3n) is 2.60. The molecule has 0 radical (unpaired) electrons. The molecule has 0 aliphatic rings. The summed E-state index contributed by atoms with van der Waals surface area (Å²) in [6, 6.07) is 6.85. The summed E-state index contributed by atoms with van der Waals surface area (Å²) < 4.78 is 0. The fourth-order valence-corrected chi connectivity index (χ4v) is 1.97. The highest BCUT2D eigenvalue weighted by atomic mass is 14.8. The van der Waals surface area contributed by atoms with E-state index < -0.39 is 0 Å². The smallest absolute Gasteiger partial charge is 0.00489 e. The first-order valence-electron chi connectivity index (χ1n) is 6.00. The Balaban J connectivity index is 2.31. The highest BCUT2D eigenvalue weighted by molar-refractivity contribution is 5.28. The van der Waals surface area contributed by atoms with Gasteiger partial charge in [0.1, 0.15) is 0 Å². The lowest BCUT2D eigenvalue weighted by atomic mass is 10.0. The molecule has 0 atom stereocenters. The lowest BCUT2D eigenvalue weighted by Crippen LogP contribution is -2.13. The van der Waals surface area contributed by atoms with Crippen LogP contribution in [0.4, 0.5) is 0 Å². The summed E-state index contributed by atoms with van der Waals surface area (Å²) in [7, 11) is 0. The van der Waals surface area contributed by atoms with Crippen LogP contribution in [0.3, 0.4) is 0 Å². The minimum atomic E-state index is 1.09. The summed E-state index contributed by atoms with van der Waals surface area (Å²) in [5, 5.41) is 3.36. The molecule has 0 unspecified atom stereocenters. The van der Waals surface area contributed by atoms with Gasteiger partial charge in [-0.2, -0.15) is 0 Å². The SMILES string of the molecule is CCNCCCCc1cc(C)cc(C)c1. The van der Waals surface area contributed by atoms with Crippen LogP contribution in [0.2, 0.25) is 0 Å². The van der Waals surface area contributed by atoms with Gasteiger partial charge in [-0.25, -0.2) is 0 Å². The maximum Gasteiger partial charge on any atom is -0.00489 e. The van der Waals surface area contributed by atoms with Crippen LogP contribution >= 0.6 is 0 Å². The fraction of sp³-hybridized carbons (Fsp3) is 0.571. The molecule has 0 aliphatic carbocycles. The molecule has 1 N–H and O–H groups in total. The predicted octanol–water partition coefficient (Wildman–Crippen LogP) is 3.24. The van der Waals surface area contributed by atoms with Crippen LogP contribution in [-0.4, -0.2) is 13.1 Å². The van der Waals surface area contributed by atoms with E-state index in [-0.39, 0.29) is 0 Å². The standard InChI is InChI=1S/C14H23N/c1-4-15-8-6-5-7-14-10-12(2)9-13(3)11-14/h9-11,15H,4-8H2,1-3H3. The topological polar surface area (TPSA) is 12.0 Å². The van der Waals surface area contributed by atoms with Gasteiger partial charge in [0.2, 0.25) is 0 Å². The molecule has 1 heteroatoms. The van der Waals surface area contributed by atoms with Gasteiger partial charge in [0.15, 0.2) is 0 Å². The van der Waals surface area contributed by atoms with Crippen LogP contribution in [0, 0.1) is 13.8 Å². The Bertz CT molecular complexity index is 271. The van der Waals surface area contributed by atoms with Crippen LogP contribution < -0.4 is 5.32 Å². The first-order valence-corrected chi connectivity index (χ1v) is 6.00. The Hall–Kier alpha value is -0.820. The van der Waals surface area contributed by atoms with Crippen molar-refractivity contribution in [2.45, 2.75) is 40.0 Å². The Morgan fingerprint density at radius 3 is 2.27 bits per heavy atom. The zero-order valence-electron chi connectivity index (χ0n) is 10.3. The zero-order chi connectivity index (χ0) is 11.1. The van der Waals surface area contributed by atoms with Gasteiger partial charge < -0.3 is 5.32 Å². The molecule has 1 aromatic rings. The number of nitrogens with one attached hydrogen (secondary N) is 1. The van der Waals surface area contributed by atoms with E-state index in [1.165, 1.54) is 36.0 Å². The van der Waals surface area contributed by atoms with E-state index in [4.69, 9.17) is 0 Å². The number of benzene rings is 1. The molecular formula is C14H23N. The second-order valence-corrected chi connectivity index (χ2v) is 4.31. The first-order chi connectivity index (χ1) is 7.22. The number of unbranched alkanes of at least 4 members (excludes halogenated alkanes) is 1. The molecule has 1 rings (SSSR count). The van der Waals surface area contributed by atoms with Gasteiger partial charge in [-0.15, -0.1) is 0 Å². The van der Waals surface area contributed by atoms with Crippen LogP contribution in [0.25, 0.3) is 0 Å². The highest BCUT2D eigenvalue weighted by Gasteiger charge is 1.96. The lowest BCUT2D eigenvalue weighted by Gasteiger charge is -2.05. The zero-order valence-corrected chi connectivity index (χ0v) is 10.3. The van der Waals surface area contributed by atoms with E-state index in [1.54, 1.807) is 0 Å². The molecule has 15 heavy (non-hydrogen) atoms. The van der Waals surface area contributed by atoms with Crippen LogP contribution in [-0.2, 0) is 6.42 Å². The second kappa shape index (κ2) is 6.62. The molecule has 0 saturated heterocycles. The monoisotopic (exact) mass is 205 g/mol. The molecule has 1 nitrogen and oxygen atoms in total. The molecule has 0 heterocycles. The molecule has 0 amide bonds. The second-order valence-electron chi connectivity index (χ2n) is 4.31. The summed E-state index contributed by atoms with van der Waals surface area (Å²) in [4.78, 5) is 0. The van der Waals surface area contributed by atoms with Gasteiger partial charge in [-0.3, -0.25) is 0 Å². The molecule has 0 bridgehead atoms. The first kappa shape index (κ1) is 12.3. The van der Waals surface area contributed by atoms with E-state index in [1.807, 2.05) is 0 Å². The largest absolute Gasteiger partial charge is 0.317 e.